The van der Waals surface area contributed by atoms with E-state index in [9.17, 15) is 85.6 Å². The smallest absolute Gasteiger partial charge is 0.364 e. The van der Waals surface area contributed by atoms with Crippen LogP contribution in [-0.4, -0.2) is 245 Å². The first-order chi connectivity index (χ1) is 28.1. The third-order valence-corrected chi connectivity index (χ3v) is 10.4. The van der Waals surface area contributed by atoms with Gasteiger partial charge in [0.15, 0.2) is 18.9 Å². The third-order valence-electron chi connectivity index (χ3n) is 10.4. The fourth-order valence-corrected chi connectivity index (χ4v) is 7.45. The molecule has 0 aromatic heterocycles. The van der Waals surface area contributed by atoms with Crippen LogP contribution in [0.25, 0.3) is 0 Å². The van der Waals surface area contributed by atoms with Crippen LogP contribution >= 0.6 is 0 Å². The van der Waals surface area contributed by atoms with Gasteiger partial charge in [0.25, 0.3) is 5.79 Å². The molecule has 0 spiro atoms. The summed E-state index contributed by atoms with van der Waals surface area (Å²) in [5.74, 6) is -7.65. The molecule has 4 saturated heterocycles. The van der Waals surface area contributed by atoms with Gasteiger partial charge in [0, 0.05) is 27.2 Å². The van der Waals surface area contributed by atoms with E-state index >= 15 is 0 Å². The molecule has 4 fully saturated rings. The number of aliphatic hydroxyl groups excluding tert-OH is 12. The highest BCUT2D eigenvalue weighted by atomic mass is 16.8. The minimum atomic E-state index is -3.12. The summed E-state index contributed by atoms with van der Waals surface area (Å²) in [4.78, 5) is 50.0. The first-order valence-electron chi connectivity index (χ1n) is 18.7. The average Bonchev–Trinajstić information content (AvgIpc) is 3.18. The second-order valence-corrected chi connectivity index (χ2v) is 14.8. The number of carbonyl (C=O) groups excluding carboxylic acids is 3. The molecule has 0 aliphatic carbocycles. The summed E-state index contributed by atoms with van der Waals surface area (Å²) in [5, 5.41) is 144. The van der Waals surface area contributed by atoms with Crippen molar-refractivity contribution in [3.63, 3.8) is 0 Å². The van der Waals surface area contributed by atoms with Gasteiger partial charge in [-0.1, -0.05) is 0 Å². The van der Waals surface area contributed by atoms with E-state index in [1.807, 2.05) is 0 Å². The first kappa shape index (κ1) is 49.8. The quantitative estimate of drug-likeness (QED) is 0.0684. The van der Waals surface area contributed by atoms with Gasteiger partial charge < -0.3 is 115 Å². The summed E-state index contributed by atoms with van der Waals surface area (Å²) in [7, 11) is 0. The molecule has 4 aliphatic rings. The summed E-state index contributed by atoms with van der Waals surface area (Å²) in [6, 6.07) is -5.20. The van der Waals surface area contributed by atoms with Crippen LogP contribution in [0.4, 0.5) is 0 Å². The molecular weight excluding hydrogens is 822 g/mol. The molecule has 4 heterocycles. The van der Waals surface area contributed by atoms with E-state index in [2.05, 4.69) is 16.0 Å². The Labute approximate surface area is 340 Å². The molecule has 3 amide bonds. The highest BCUT2D eigenvalue weighted by molar-refractivity contribution is 5.77. The van der Waals surface area contributed by atoms with Gasteiger partial charge >= 0.3 is 5.97 Å². The zero-order valence-electron chi connectivity index (χ0n) is 32.4. The van der Waals surface area contributed by atoms with Crippen LogP contribution in [0.2, 0.25) is 0 Å². The van der Waals surface area contributed by atoms with E-state index < -0.39 is 185 Å². The number of carboxylic acid groups (broad SMARTS) is 1. The van der Waals surface area contributed by atoms with Gasteiger partial charge in [0.2, 0.25) is 17.7 Å². The van der Waals surface area contributed by atoms with Crippen molar-refractivity contribution in [3.05, 3.63) is 0 Å². The number of hydrogen-bond acceptors (Lipinski definition) is 23. The van der Waals surface area contributed by atoms with Crippen molar-refractivity contribution in [2.45, 2.75) is 155 Å². The van der Waals surface area contributed by atoms with E-state index in [-0.39, 0.29) is 0 Å². The minimum Gasteiger partial charge on any atom is -0.477 e. The zero-order chi connectivity index (χ0) is 45.0. The molecule has 1 unspecified atom stereocenters. The van der Waals surface area contributed by atoms with Gasteiger partial charge in [-0.15, -0.1) is 0 Å². The normalized spacial score (nSPS) is 43.3. The molecule has 21 atom stereocenters. The summed E-state index contributed by atoms with van der Waals surface area (Å²) in [6.45, 7) is -0.989. The zero-order valence-corrected chi connectivity index (χ0v) is 32.4. The van der Waals surface area contributed by atoms with Gasteiger partial charge in [0.1, 0.15) is 91.4 Å². The number of aliphatic hydroxyl groups is 12. The summed E-state index contributed by atoms with van der Waals surface area (Å²) < 4.78 is 39.8. The van der Waals surface area contributed by atoms with Crippen LogP contribution < -0.4 is 16.0 Å². The van der Waals surface area contributed by atoms with E-state index in [0.29, 0.717) is 0 Å². The highest BCUT2D eigenvalue weighted by Gasteiger charge is 2.61. The lowest BCUT2D eigenvalue weighted by atomic mass is 9.88. The standard InChI is InChI=1S/C33H55N3O24/c1-9(41)34-17-12(44)4-33(32(52)53,59-26(17)20(46)13(45)5-37)60-27-19(36-11(3)43)31(55-15(7-39)22(27)48)57-25-16(8-40)56-30(18(23(25)49)35-10(2)42)58-28-24(50)21(47)14(6-38)54-29(28)51/h12-31,37-40,44-51H,4-8H2,1-3H3,(H,34,41)(H,35,42)(H,36,43)(H,52,53)/t12-,13+,14+,15+,16+,17+,18+,19+,20+,21+,22-,23+,24-,25+,26+,27+,28-,29?,30-,31-,33-/m0/s1. The summed E-state index contributed by atoms with van der Waals surface area (Å²) in [5.41, 5.74) is 0. The average molecular weight is 878 g/mol. The lowest BCUT2D eigenvalue weighted by molar-refractivity contribution is -0.375. The molecule has 0 bridgehead atoms. The Morgan fingerprint density at radius 1 is 0.650 bits per heavy atom. The fraction of sp³-hybridized carbons (Fsp3) is 0.879. The Kier molecular flexibility index (Phi) is 17.4. The minimum absolute atomic E-state index is 0.791. The first-order valence-corrected chi connectivity index (χ1v) is 18.7. The number of ether oxygens (including phenoxy) is 7. The maximum absolute atomic E-state index is 13.0. The Balaban J connectivity index is 1.71. The van der Waals surface area contributed by atoms with Crippen molar-refractivity contribution in [1.29, 1.82) is 0 Å². The molecule has 0 aromatic rings. The predicted molar refractivity (Wildman–Crippen MR) is 186 cm³/mol. The highest BCUT2D eigenvalue weighted by Crippen LogP contribution is 2.39. The molecule has 0 aromatic carbocycles. The van der Waals surface area contributed by atoms with Crippen molar-refractivity contribution in [2.75, 3.05) is 26.4 Å². The molecule has 27 heteroatoms. The van der Waals surface area contributed by atoms with E-state index in [0.717, 1.165) is 20.8 Å². The number of amides is 3. The van der Waals surface area contributed by atoms with Gasteiger partial charge in [0.05, 0.1) is 38.6 Å². The Bertz CT molecular complexity index is 1470. The summed E-state index contributed by atoms with van der Waals surface area (Å²) >= 11 is 0. The topological polar surface area (TPSA) is 432 Å². The van der Waals surface area contributed by atoms with Crippen molar-refractivity contribution < 1.29 is 119 Å². The van der Waals surface area contributed by atoms with Gasteiger partial charge in [-0.2, -0.15) is 0 Å². The monoisotopic (exact) mass is 877 g/mol. The van der Waals surface area contributed by atoms with Gasteiger partial charge in [-0.05, 0) is 0 Å². The maximum atomic E-state index is 13.0. The number of rotatable bonds is 16. The second kappa shape index (κ2) is 21.0. The fourth-order valence-electron chi connectivity index (χ4n) is 7.45. The van der Waals surface area contributed by atoms with E-state index in [1.54, 1.807) is 0 Å². The molecule has 346 valence electrons. The van der Waals surface area contributed by atoms with Crippen molar-refractivity contribution in [3.8, 4) is 0 Å². The molecule has 4 aliphatic heterocycles. The van der Waals surface area contributed by atoms with Gasteiger partial charge in [-0.25, -0.2) is 4.79 Å². The number of carboxylic acids is 1. The summed E-state index contributed by atoms with van der Waals surface area (Å²) in [6.07, 6.45) is -33.7. The lowest BCUT2D eigenvalue weighted by Crippen LogP contribution is -2.73. The van der Waals surface area contributed by atoms with Crippen molar-refractivity contribution in [1.82, 2.24) is 16.0 Å². The van der Waals surface area contributed by atoms with Crippen molar-refractivity contribution >= 4 is 23.7 Å². The van der Waals surface area contributed by atoms with E-state index in [4.69, 9.17) is 33.2 Å². The number of nitrogens with one attached hydrogen (secondary N) is 3. The molecular formula is C33H55N3O24. The lowest BCUT2D eigenvalue weighted by Gasteiger charge is -2.52. The predicted octanol–water partition coefficient (Wildman–Crippen LogP) is -10.1. The van der Waals surface area contributed by atoms with Crippen LogP contribution in [0.5, 0.6) is 0 Å². The number of carbonyl (C=O) groups is 4. The van der Waals surface area contributed by atoms with Crippen LogP contribution in [0.1, 0.15) is 27.2 Å². The van der Waals surface area contributed by atoms with Crippen LogP contribution in [-0.2, 0) is 52.3 Å². The molecule has 27 nitrogen and oxygen atoms in total. The van der Waals surface area contributed by atoms with E-state index in [1.165, 1.54) is 0 Å². The Morgan fingerprint density at radius 2 is 1.15 bits per heavy atom. The maximum Gasteiger partial charge on any atom is 0.364 e. The third kappa shape index (κ3) is 10.8. The number of aliphatic carboxylic acids is 1. The molecule has 0 radical (unpaired) electrons. The molecule has 60 heavy (non-hydrogen) atoms. The largest absolute Gasteiger partial charge is 0.477 e. The van der Waals surface area contributed by atoms with Gasteiger partial charge in [-0.3, -0.25) is 14.4 Å². The SMILES string of the molecule is CC(=O)N[C@H]1[C@H](O[C@@H]2C(O)O[C@H](CO)[C@@H](O)[C@@H]2O)O[C@H](CO)[C@@H](O[C@@H]2O[C@H](CO)[C@H](O)[C@H](O[C@]3(C(=O)O)C[C@H](O)[C@@H](NC(C)=O)[C@H]([C@H](O)[C@H](O)CO)O3)[C@H]2NC(C)=O)[C@@H]1O. The van der Waals surface area contributed by atoms with Crippen LogP contribution in [0, 0.1) is 0 Å². The molecule has 16 N–H and O–H groups in total. The Hall–Kier alpha value is -2.88. The van der Waals surface area contributed by atoms with Crippen LogP contribution in [0.15, 0.2) is 0 Å². The van der Waals surface area contributed by atoms with Crippen LogP contribution in [0.3, 0.4) is 0 Å². The number of hydrogen-bond donors (Lipinski definition) is 16. The second-order valence-electron chi connectivity index (χ2n) is 14.8. The van der Waals surface area contributed by atoms with Crippen molar-refractivity contribution in [2.24, 2.45) is 0 Å². The molecule has 4 rings (SSSR count). The molecule has 0 saturated carbocycles. The Morgan fingerprint density at radius 3 is 1.68 bits per heavy atom.